The van der Waals surface area contributed by atoms with Crippen molar-refractivity contribution in [3.8, 4) is 0 Å². The predicted molar refractivity (Wildman–Crippen MR) is 272 cm³/mol. The van der Waals surface area contributed by atoms with Gasteiger partial charge in [0.25, 0.3) is 0 Å². The molecule has 1 fully saturated rings. The van der Waals surface area contributed by atoms with E-state index in [2.05, 4.69) is 31.3 Å². The molecule has 7 atom stereocenters. The van der Waals surface area contributed by atoms with Crippen molar-refractivity contribution in [1.82, 2.24) is 5.32 Å². The molecule has 1 rings (SSSR count). The Balaban J connectivity index is 2.25. The highest BCUT2D eigenvalue weighted by Gasteiger charge is 2.44. The van der Waals surface area contributed by atoms with E-state index in [4.69, 9.17) is 9.47 Å². The minimum atomic E-state index is -1.57. The van der Waals surface area contributed by atoms with Gasteiger partial charge in [-0.1, -0.05) is 244 Å². The van der Waals surface area contributed by atoms with Crippen LogP contribution in [-0.4, -0.2) is 87.5 Å². The first-order chi connectivity index (χ1) is 31.8. The molecule has 9 nitrogen and oxygen atoms in total. The molecule has 7 unspecified atom stereocenters. The second kappa shape index (κ2) is 46.4. The Labute approximate surface area is 400 Å². The van der Waals surface area contributed by atoms with Gasteiger partial charge in [0.05, 0.1) is 25.4 Å². The Morgan fingerprint density at radius 1 is 0.508 bits per heavy atom. The maximum absolute atomic E-state index is 13.0. The van der Waals surface area contributed by atoms with Crippen LogP contribution >= 0.6 is 0 Å². The molecule has 1 saturated heterocycles. The molecule has 0 aromatic rings. The summed E-state index contributed by atoms with van der Waals surface area (Å²) in [5, 5.41) is 54.5. The van der Waals surface area contributed by atoms with Crippen LogP contribution in [0.3, 0.4) is 0 Å². The number of ether oxygens (including phenoxy) is 2. The van der Waals surface area contributed by atoms with Gasteiger partial charge in [0.1, 0.15) is 24.4 Å². The fraction of sp³-hybridized carbons (Fsp3) is 0.911. The SMILES string of the molecule is CCCCCCCCCC/C=C\CCCCCCCCCC(=O)NC(COC1OC(CO)C(O)C(O)C1O)C(O)/C=C/CCCCCCCCCCCCCCCCCCCCCCC. The smallest absolute Gasteiger partial charge is 0.220 e. The molecule has 384 valence electrons. The number of hydrogen-bond donors (Lipinski definition) is 6. The van der Waals surface area contributed by atoms with Crippen molar-refractivity contribution < 1.29 is 39.8 Å². The molecular formula is C56H107NO8. The van der Waals surface area contributed by atoms with Gasteiger partial charge in [0, 0.05) is 6.42 Å². The van der Waals surface area contributed by atoms with Crippen LogP contribution in [0.15, 0.2) is 24.3 Å². The van der Waals surface area contributed by atoms with Crippen LogP contribution in [0.4, 0.5) is 0 Å². The number of rotatable bonds is 48. The molecule has 1 heterocycles. The summed E-state index contributed by atoms with van der Waals surface area (Å²) in [6, 6.07) is -0.805. The molecule has 0 radical (unpaired) electrons. The third-order valence-electron chi connectivity index (χ3n) is 13.5. The Morgan fingerprint density at radius 3 is 1.25 bits per heavy atom. The molecule has 0 aromatic carbocycles. The van der Waals surface area contributed by atoms with Gasteiger partial charge >= 0.3 is 0 Å². The molecule has 0 spiro atoms. The van der Waals surface area contributed by atoms with Crippen LogP contribution in [0.25, 0.3) is 0 Å². The van der Waals surface area contributed by atoms with Gasteiger partial charge in [-0.05, 0) is 44.9 Å². The van der Waals surface area contributed by atoms with E-state index in [1.54, 1.807) is 6.08 Å². The Hall–Kier alpha value is -1.33. The van der Waals surface area contributed by atoms with Gasteiger partial charge in [-0.3, -0.25) is 4.79 Å². The molecule has 1 aliphatic heterocycles. The average molecular weight is 922 g/mol. The number of carbonyl (C=O) groups is 1. The summed E-state index contributed by atoms with van der Waals surface area (Å²) in [6.45, 7) is 3.81. The summed E-state index contributed by atoms with van der Waals surface area (Å²) in [7, 11) is 0. The van der Waals surface area contributed by atoms with Gasteiger partial charge in [0.15, 0.2) is 6.29 Å². The highest BCUT2D eigenvalue weighted by Crippen LogP contribution is 2.23. The monoisotopic (exact) mass is 922 g/mol. The van der Waals surface area contributed by atoms with Crippen molar-refractivity contribution >= 4 is 5.91 Å². The van der Waals surface area contributed by atoms with Crippen molar-refractivity contribution in [2.45, 2.75) is 314 Å². The number of nitrogens with one attached hydrogen (secondary N) is 1. The quantitative estimate of drug-likeness (QED) is 0.0261. The van der Waals surface area contributed by atoms with Crippen LogP contribution < -0.4 is 5.32 Å². The summed E-state index contributed by atoms with van der Waals surface area (Å²) in [5.41, 5.74) is 0. The first kappa shape index (κ1) is 61.7. The molecule has 0 saturated carbocycles. The lowest BCUT2D eigenvalue weighted by Gasteiger charge is -2.40. The van der Waals surface area contributed by atoms with Crippen molar-refractivity contribution in [3.05, 3.63) is 24.3 Å². The van der Waals surface area contributed by atoms with Crippen LogP contribution in [0.2, 0.25) is 0 Å². The largest absolute Gasteiger partial charge is 0.394 e. The fourth-order valence-corrected chi connectivity index (χ4v) is 9.04. The van der Waals surface area contributed by atoms with E-state index in [0.29, 0.717) is 6.42 Å². The number of amides is 1. The molecule has 0 bridgehead atoms. The molecule has 65 heavy (non-hydrogen) atoms. The minimum absolute atomic E-state index is 0.178. The summed E-state index contributed by atoms with van der Waals surface area (Å²) >= 11 is 0. The van der Waals surface area contributed by atoms with Gasteiger partial charge in [-0.2, -0.15) is 0 Å². The minimum Gasteiger partial charge on any atom is -0.394 e. The predicted octanol–water partition coefficient (Wildman–Crippen LogP) is 13.4. The zero-order valence-electron chi connectivity index (χ0n) is 42.5. The van der Waals surface area contributed by atoms with E-state index in [1.807, 2.05) is 6.08 Å². The van der Waals surface area contributed by atoms with Gasteiger partial charge < -0.3 is 40.3 Å². The van der Waals surface area contributed by atoms with E-state index in [1.165, 1.54) is 212 Å². The summed E-state index contributed by atoms with van der Waals surface area (Å²) in [6.07, 6.45) is 50.9. The fourth-order valence-electron chi connectivity index (χ4n) is 9.04. The lowest BCUT2D eigenvalue weighted by atomic mass is 9.99. The third kappa shape index (κ3) is 36.3. The van der Waals surface area contributed by atoms with Gasteiger partial charge in [-0.25, -0.2) is 0 Å². The van der Waals surface area contributed by atoms with E-state index < -0.39 is 49.5 Å². The number of aliphatic hydroxyl groups excluding tert-OH is 5. The summed E-state index contributed by atoms with van der Waals surface area (Å²) in [5.74, 6) is -0.178. The van der Waals surface area contributed by atoms with E-state index in [0.717, 1.165) is 38.5 Å². The number of hydrogen-bond acceptors (Lipinski definition) is 8. The zero-order chi connectivity index (χ0) is 47.3. The van der Waals surface area contributed by atoms with Gasteiger partial charge in [0.2, 0.25) is 5.91 Å². The zero-order valence-corrected chi connectivity index (χ0v) is 42.5. The van der Waals surface area contributed by atoms with Crippen molar-refractivity contribution in [2.75, 3.05) is 13.2 Å². The van der Waals surface area contributed by atoms with E-state index >= 15 is 0 Å². The second-order valence-electron chi connectivity index (χ2n) is 19.7. The van der Waals surface area contributed by atoms with Crippen LogP contribution in [0.1, 0.15) is 271 Å². The van der Waals surface area contributed by atoms with E-state index in [-0.39, 0.29) is 12.5 Å². The average Bonchev–Trinajstić information content (AvgIpc) is 3.31. The molecular weight excluding hydrogens is 815 g/mol. The highest BCUT2D eigenvalue weighted by atomic mass is 16.7. The highest BCUT2D eigenvalue weighted by molar-refractivity contribution is 5.76. The first-order valence-corrected chi connectivity index (χ1v) is 28.1. The standard InChI is InChI=1S/C56H107NO8/c1-3-5-7-9-11-13-15-17-19-21-23-24-25-26-28-29-31-33-35-37-39-41-43-45-50(59)49(48-64-56-55(63)54(62)53(61)51(47-58)65-56)57-52(60)46-44-42-40-38-36-34-32-30-27-22-20-18-16-14-12-10-8-6-4-2/h22,27,43,45,49-51,53-56,58-59,61-63H,3-21,23-26,28-42,44,46-48H2,1-2H3,(H,57,60)/b27-22-,45-43+. The van der Waals surface area contributed by atoms with Crippen LogP contribution in [-0.2, 0) is 14.3 Å². The maximum atomic E-state index is 13.0. The molecule has 1 amide bonds. The number of allylic oxidation sites excluding steroid dienone is 3. The molecule has 1 aliphatic rings. The van der Waals surface area contributed by atoms with Crippen LogP contribution in [0.5, 0.6) is 0 Å². The first-order valence-electron chi connectivity index (χ1n) is 28.1. The summed E-state index contributed by atoms with van der Waals surface area (Å²) < 4.78 is 11.3. The summed E-state index contributed by atoms with van der Waals surface area (Å²) in [4.78, 5) is 13.0. The Morgan fingerprint density at radius 2 is 0.862 bits per heavy atom. The van der Waals surface area contributed by atoms with Crippen LogP contribution in [0, 0.1) is 0 Å². The lowest BCUT2D eigenvalue weighted by Crippen LogP contribution is -2.60. The molecule has 6 N–H and O–H groups in total. The van der Waals surface area contributed by atoms with Crippen molar-refractivity contribution in [3.63, 3.8) is 0 Å². The number of carbonyl (C=O) groups excluding carboxylic acids is 1. The topological polar surface area (TPSA) is 149 Å². The Bertz CT molecular complexity index is 1070. The van der Waals surface area contributed by atoms with Crippen molar-refractivity contribution in [1.29, 1.82) is 0 Å². The molecule has 0 aromatic heterocycles. The lowest BCUT2D eigenvalue weighted by molar-refractivity contribution is -0.302. The normalized spacial score (nSPS) is 20.0. The van der Waals surface area contributed by atoms with Gasteiger partial charge in [-0.15, -0.1) is 0 Å². The third-order valence-corrected chi connectivity index (χ3v) is 13.5. The molecule has 0 aliphatic carbocycles. The Kier molecular flexibility index (Phi) is 44.0. The molecule has 9 heteroatoms. The van der Waals surface area contributed by atoms with Crippen molar-refractivity contribution in [2.24, 2.45) is 0 Å². The number of aliphatic hydroxyl groups is 5. The second-order valence-corrected chi connectivity index (χ2v) is 19.7. The van der Waals surface area contributed by atoms with E-state index in [9.17, 15) is 30.3 Å². The maximum Gasteiger partial charge on any atom is 0.220 e. The number of unbranched alkanes of at least 4 members (excludes halogenated alkanes) is 36.